The van der Waals surface area contributed by atoms with E-state index in [1.54, 1.807) is 54.7 Å². The molecule has 1 aliphatic rings. The molecule has 1 aromatic carbocycles. The molecular weight excluding hydrogens is 416 g/mol. The van der Waals surface area contributed by atoms with Crippen molar-refractivity contribution >= 4 is 27.5 Å². The van der Waals surface area contributed by atoms with Crippen LogP contribution < -0.4 is 4.74 Å². The van der Waals surface area contributed by atoms with E-state index in [1.807, 2.05) is 0 Å². The highest BCUT2D eigenvalue weighted by atomic mass is 35.5. The van der Waals surface area contributed by atoms with Crippen molar-refractivity contribution in [1.82, 2.24) is 19.0 Å². The van der Waals surface area contributed by atoms with Crippen molar-refractivity contribution < 1.29 is 17.9 Å². The summed E-state index contributed by atoms with van der Waals surface area (Å²) in [5.74, 6) is 0.386. The number of aromatic nitrogens is 2. The van der Waals surface area contributed by atoms with Crippen molar-refractivity contribution in [3.63, 3.8) is 0 Å². The van der Waals surface area contributed by atoms with Gasteiger partial charge in [0.25, 0.3) is 5.91 Å². The summed E-state index contributed by atoms with van der Waals surface area (Å²) in [5, 5.41) is 4.81. The lowest BCUT2D eigenvalue weighted by Gasteiger charge is -2.22. The highest BCUT2D eigenvalue weighted by Crippen LogP contribution is 2.24. The summed E-state index contributed by atoms with van der Waals surface area (Å²) in [6.45, 7) is 4.74. The van der Waals surface area contributed by atoms with E-state index < -0.39 is 10.0 Å². The summed E-state index contributed by atoms with van der Waals surface area (Å²) in [6, 6.07) is 6.78. The number of halogens is 1. The van der Waals surface area contributed by atoms with Crippen LogP contribution in [0.25, 0.3) is 0 Å². The first-order chi connectivity index (χ1) is 13.7. The van der Waals surface area contributed by atoms with Gasteiger partial charge in [-0.05, 0) is 44.5 Å². The maximum atomic E-state index is 13.1. The second-order valence-electron chi connectivity index (χ2n) is 7.00. The van der Waals surface area contributed by atoms with Gasteiger partial charge in [0.05, 0.1) is 11.4 Å². The lowest BCUT2D eigenvalue weighted by molar-refractivity contribution is -0.133. The van der Waals surface area contributed by atoms with Crippen LogP contribution in [0.15, 0.2) is 29.2 Å². The molecule has 2 aromatic rings. The number of carbonyl (C=O) groups is 1. The van der Waals surface area contributed by atoms with E-state index in [0.717, 1.165) is 0 Å². The molecule has 0 saturated carbocycles. The quantitative estimate of drug-likeness (QED) is 0.709. The van der Waals surface area contributed by atoms with Gasteiger partial charge < -0.3 is 9.64 Å². The molecule has 0 N–H and O–H groups in total. The minimum atomic E-state index is -3.67. The van der Waals surface area contributed by atoms with Crippen molar-refractivity contribution in [2.24, 2.45) is 7.05 Å². The molecule has 1 saturated heterocycles. The van der Waals surface area contributed by atoms with Crippen molar-refractivity contribution in [3.05, 3.63) is 40.7 Å². The first-order valence-electron chi connectivity index (χ1n) is 9.36. The number of sulfonamides is 1. The molecule has 3 rings (SSSR count). The summed E-state index contributed by atoms with van der Waals surface area (Å²) < 4.78 is 34.8. The molecule has 1 amide bonds. The Bertz CT molecular complexity index is 988. The largest absolute Gasteiger partial charge is 0.484 e. The molecule has 2 heterocycles. The van der Waals surface area contributed by atoms with E-state index in [1.165, 1.54) is 4.31 Å². The molecule has 8 nitrogen and oxygen atoms in total. The van der Waals surface area contributed by atoms with Gasteiger partial charge in [0.15, 0.2) is 6.61 Å². The van der Waals surface area contributed by atoms with E-state index in [2.05, 4.69) is 5.10 Å². The van der Waals surface area contributed by atoms with Gasteiger partial charge in [-0.2, -0.15) is 9.40 Å². The molecule has 1 aromatic heterocycles. The third kappa shape index (κ3) is 4.73. The number of aryl methyl sites for hydroxylation is 2. The second-order valence-corrected chi connectivity index (χ2v) is 9.32. The van der Waals surface area contributed by atoms with Crippen LogP contribution in [0.2, 0.25) is 5.02 Å². The smallest absolute Gasteiger partial charge is 0.260 e. The summed E-state index contributed by atoms with van der Waals surface area (Å²) in [7, 11) is -1.94. The average molecular weight is 441 g/mol. The van der Waals surface area contributed by atoms with Crippen LogP contribution in [-0.4, -0.2) is 66.1 Å². The van der Waals surface area contributed by atoms with Crippen LogP contribution in [0.3, 0.4) is 0 Å². The number of ether oxygens (including phenoxy) is 1. The zero-order valence-electron chi connectivity index (χ0n) is 16.8. The van der Waals surface area contributed by atoms with Crippen molar-refractivity contribution in [2.45, 2.75) is 25.2 Å². The lowest BCUT2D eigenvalue weighted by Crippen LogP contribution is -2.39. The number of carbonyl (C=O) groups excluding carboxylic acids is 1. The fourth-order valence-corrected chi connectivity index (χ4v) is 5.40. The van der Waals surface area contributed by atoms with Crippen LogP contribution in [0.4, 0.5) is 0 Å². The molecule has 0 aliphatic carbocycles. The van der Waals surface area contributed by atoms with Gasteiger partial charge in [-0.1, -0.05) is 11.6 Å². The molecule has 158 valence electrons. The Morgan fingerprint density at radius 3 is 2.45 bits per heavy atom. The Labute approximate surface area is 176 Å². The molecule has 10 heteroatoms. The number of hydrogen-bond acceptors (Lipinski definition) is 5. The molecule has 1 aliphatic heterocycles. The number of hydrogen-bond donors (Lipinski definition) is 0. The number of rotatable bonds is 5. The third-order valence-electron chi connectivity index (χ3n) is 5.02. The zero-order chi connectivity index (χ0) is 21.2. The van der Waals surface area contributed by atoms with Gasteiger partial charge in [-0.3, -0.25) is 9.48 Å². The molecule has 0 atom stereocenters. The van der Waals surface area contributed by atoms with Crippen LogP contribution in [0.5, 0.6) is 5.75 Å². The molecule has 0 unspecified atom stereocenters. The van der Waals surface area contributed by atoms with Crippen LogP contribution in [0, 0.1) is 13.8 Å². The van der Waals surface area contributed by atoms with E-state index in [-0.39, 0.29) is 24.0 Å². The summed E-state index contributed by atoms with van der Waals surface area (Å²) in [6.07, 6.45) is 0.560. The summed E-state index contributed by atoms with van der Waals surface area (Å²) >= 11 is 5.84. The Morgan fingerprint density at radius 2 is 1.83 bits per heavy atom. The standard InChI is InChI=1S/C19H25ClN4O4S/c1-14-19(15(2)22(3)21-14)29(26,27)24-10-4-9-23(11-12-24)18(25)13-28-17-7-5-16(20)6-8-17/h5-8H,4,9-13H2,1-3H3. The Balaban J connectivity index is 1.63. The van der Waals surface area contributed by atoms with Gasteiger partial charge in [0, 0.05) is 38.2 Å². The molecule has 0 radical (unpaired) electrons. The Hall–Kier alpha value is -2.10. The molecule has 1 fully saturated rings. The highest BCUT2D eigenvalue weighted by Gasteiger charge is 2.32. The van der Waals surface area contributed by atoms with Crippen LogP contribution >= 0.6 is 11.6 Å². The minimum Gasteiger partial charge on any atom is -0.484 e. The maximum absolute atomic E-state index is 13.1. The molecule has 0 bridgehead atoms. The van der Waals surface area contributed by atoms with Gasteiger partial charge in [0.2, 0.25) is 10.0 Å². The summed E-state index contributed by atoms with van der Waals surface area (Å²) in [5.41, 5.74) is 1.09. The van der Waals surface area contributed by atoms with Crippen LogP contribution in [0.1, 0.15) is 17.8 Å². The van der Waals surface area contributed by atoms with Crippen molar-refractivity contribution in [2.75, 3.05) is 32.8 Å². The van der Waals surface area contributed by atoms with E-state index in [0.29, 0.717) is 48.2 Å². The van der Waals surface area contributed by atoms with Gasteiger partial charge >= 0.3 is 0 Å². The monoisotopic (exact) mass is 440 g/mol. The van der Waals surface area contributed by atoms with E-state index in [9.17, 15) is 13.2 Å². The predicted molar refractivity (Wildman–Crippen MR) is 110 cm³/mol. The molecule has 29 heavy (non-hydrogen) atoms. The Kier molecular flexibility index (Phi) is 6.50. The number of benzene rings is 1. The number of amides is 1. The fourth-order valence-electron chi connectivity index (χ4n) is 3.41. The summed E-state index contributed by atoms with van der Waals surface area (Å²) in [4.78, 5) is 14.4. The molecular formula is C19H25ClN4O4S. The SMILES string of the molecule is Cc1nn(C)c(C)c1S(=O)(=O)N1CCCN(C(=O)COc2ccc(Cl)cc2)CC1. The highest BCUT2D eigenvalue weighted by molar-refractivity contribution is 7.89. The Morgan fingerprint density at radius 1 is 1.14 bits per heavy atom. The topological polar surface area (TPSA) is 84.7 Å². The minimum absolute atomic E-state index is 0.102. The number of nitrogens with zero attached hydrogens (tertiary/aromatic N) is 4. The van der Waals surface area contributed by atoms with E-state index >= 15 is 0 Å². The average Bonchev–Trinajstić information content (AvgIpc) is 2.85. The van der Waals surface area contributed by atoms with E-state index in [4.69, 9.17) is 16.3 Å². The van der Waals surface area contributed by atoms with Gasteiger partial charge in [0.1, 0.15) is 10.6 Å². The third-order valence-corrected chi connectivity index (χ3v) is 7.43. The van der Waals surface area contributed by atoms with Gasteiger partial charge in [-0.15, -0.1) is 0 Å². The predicted octanol–water partition coefficient (Wildman–Crippen LogP) is 1.99. The van der Waals surface area contributed by atoms with Gasteiger partial charge in [-0.25, -0.2) is 8.42 Å². The fraction of sp³-hybridized carbons (Fsp3) is 0.474. The second kappa shape index (κ2) is 8.73. The van der Waals surface area contributed by atoms with Crippen molar-refractivity contribution in [3.8, 4) is 5.75 Å². The normalized spacial score (nSPS) is 15.9. The lowest BCUT2D eigenvalue weighted by atomic mass is 10.3. The molecule has 0 spiro atoms. The first kappa shape index (κ1) is 21.6. The van der Waals surface area contributed by atoms with Crippen molar-refractivity contribution in [1.29, 1.82) is 0 Å². The first-order valence-corrected chi connectivity index (χ1v) is 11.2. The zero-order valence-corrected chi connectivity index (χ0v) is 18.3. The van der Waals surface area contributed by atoms with Crippen LogP contribution in [-0.2, 0) is 21.9 Å². The maximum Gasteiger partial charge on any atom is 0.260 e.